The summed E-state index contributed by atoms with van der Waals surface area (Å²) in [7, 11) is -2.28. The summed E-state index contributed by atoms with van der Waals surface area (Å²) < 4.78 is 27.4. The third-order valence-corrected chi connectivity index (χ3v) is 6.62. The van der Waals surface area contributed by atoms with Crippen LogP contribution in [0.1, 0.15) is 34.5 Å². The highest BCUT2D eigenvalue weighted by molar-refractivity contribution is 7.92. The van der Waals surface area contributed by atoms with Crippen molar-refractivity contribution in [1.82, 2.24) is 5.32 Å². The molecule has 0 aliphatic heterocycles. The normalized spacial score (nSPS) is 12.2. The SMILES string of the molecule is Cc1ccccc1N(C)S(=O)(=O)c1cccc(C(=O)N[C@@H](C)c2ccccc2)c1. The first-order valence-electron chi connectivity index (χ1n) is 9.31. The van der Waals surface area contributed by atoms with Gasteiger partial charge in [-0.05, 0) is 49.2 Å². The molecular formula is C23H24N2O3S. The lowest BCUT2D eigenvalue weighted by Crippen LogP contribution is -2.29. The van der Waals surface area contributed by atoms with Crippen LogP contribution >= 0.6 is 0 Å². The van der Waals surface area contributed by atoms with E-state index in [-0.39, 0.29) is 16.8 Å². The Morgan fingerprint density at radius 3 is 2.28 bits per heavy atom. The Kier molecular flexibility index (Phi) is 6.03. The van der Waals surface area contributed by atoms with Gasteiger partial charge in [0.15, 0.2) is 0 Å². The second-order valence-electron chi connectivity index (χ2n) is 6.89. The highest BCUT2D eigenvalue weighted by Gasteiger charge is 2.23. The molecule has 0 spiro atoms. The van der Waals surface area contributed by atoms with Gasteiger partial charge in [-0.15, -0.1) is 0 Å². The summed E-state index contributed by atoms with van der Waals surface area (Å²) in [5.74, 6) is -0.322. The number of carbonyl (C=O) groups is 1. The molecule has 0 heterocycles. The molecule has 3 rings (SSSR count). The summed E-state index contributed by atoms with van der Waals surface area (Å²) in [6.07, 6.45) is 0. The third-order valence-electron chi connectivity index (χ3n) is 4.86. The van der Waals surface area contributed by atoms with E-state index < -0.39 is 10.0 Å². The van der Waals surface area contributed by atoms with Crippen molar-refractivity contribution in [3.63, 3.8) is 0 Å². The number of hydrogen-bond donors (Lipinski definition) is 1. The molecule has 0 saturated heterocycles. The molecule has 0 aromatic heterocycles. The Balaban J connectivity index is 1.85. The van der Waals surface area contributed by atoms with Gasteiger partial charge in [-0.1, -0.05) is 54.6 Å². The van der Waals surface area contributed by atoms with Gasteiger partial charge in [0.2, 0.25) is 0 Å². The molecule has 3 aromatic carbocycles. The second kappa shape index (κ2) is 8.49. The predicted molar refractivity (Wildman–Crippen MR) is 116 cm³/mol. The number of rotatable bonds is 6. The minimum absolute atomic E-state index is 0.0725. The van der Waals surface area contributed by atoms with Crippen LogP contribution in [0.5, 0.6) is 0 Å². The fourth-order valence-corrected chi connectivity index (χ4v) is 4.41. The van der Waals surface area contributed by atoms with Gasteiger partial charge in [0.05, 0.1) is 16.6 Å². The van der Waals surface area contributed by atoms with Crippen LogP contribution in [0.3, 0.4) is 0 Å². The van der Waals surface area contributed by atoms with E-state index in [1.165, 1.54) is 23.5 Å². The highest BCUT2D eigenvalue weighted by Crippen LogP contribution is 2.25. The fourth-order valence-electron chi connectivity index (χ4n) is 3.11. The zero-order chi connectivity index (χ0) is 21.0. The molecule has 1 atom stereocenters. The van der Waals surface area contributed by atoms with Gasteiger partial charge in [-0.3, -0.25) is 9.10 Å². The number of nitrogens with zero attached hydrogens (tertiary/aromatic N) is 1. The van der Waals surface area contributed by atoms with Crippen LogP contribution < -0.4 is 9.62 Å². The fraction of sp³-hybridized carbons (Fsp3) is 0.174. The molecule has 0 bridgehead atoms. The number of carbonyl (C=O) groups excluding carboxylic acids is 1. The molecule has 150 valence electrons. The van der Waals surface area contributed by atoms with Crippen molar-refractivity contribution in [2.45, 2.75) is 24.8 Å². The van der Waals surface area contributed by atoms with Gasteiger partial charge in [0.1, 0.15) is 0 Å². The highest BCUT2D eigenvalue weighted by atomic mass is 32.2. The van der Waals surface area contributed by atoms with Crippen LogP contribution in [0, 0.1) is 6.92 Å². The van der Waals surface area contributed by atoms with Crippen molar-refractivity contribution >= 4 is 21.6 Å². The van der Waals surface area contributed by atoms with Crippen molar-refractivity contribution < 1.29 is 13.2 Å². The largest absolute Gasteiger partial charge is 0.346 e. The number of nitrogens with one attached hydrogen (secondary N) is 1. The molecule has 3 aromatic rings. The first-order chi connectivity index (χ1) is 13.8. The summed E-state index contributed by atoms with van der Waals surface area (Å²) in [6.45, 7) is 3.75. The van der Waals surface area contributed by atoms with E-state index in [1.54, 1.807) is 24.3 Å². The Morgan fingerprint density at radius 2 is 1.59 bits per heavy atom. The maximum atomic E-state index is 13.1. The van der Waals surface area contributed by atoms with Gasteiger partial charge < -0.3 is 5.32 Å². The van der Waals surface area contributed by atoms with Crippen molar-refractivity contribution in [2.24, 2.45) is 0 Å². The number of para-hydroxylation sites is 1. The number of amides is 1. The molecule has 5 nitrogen and oxygen atoms in total. The molecule has 6 heteroatoms. The van der Waals surface area contributed by atoms with Crippen LogP contribution in [0.4, 0.5) is 5.69 Å². The monoisotopic (exact) mass is 408 g/mol. The minimum Gasteiger partial charge on any atom is -0.346 e. The molecule has 0 saturated carbocycles. The van der Waals surface area contributed by atoms with Gasteiger partial charge in [-0.25, -0.2) is 8.42 Å². The Morgan fingerprint density at radius 1 is 0.931 bits per heavy atom. The molecular weight excluding hydrogens is 384 g/mol. The molecule has 0 aliphatic carbocycles. The number of anilines is 1. The number of sulfonamides is 1. The smallest absolute Gasteiger partial charge is 0.264 e. The van der Waals surface area contributed by atoms with Gasteiger partial charge in [-0.2, -0.15) is 0 Å². The number of benzene rings is 3. The molecule has 1 N–H and O–H groups in total. The van der Waals surface area contributed by atoms with E-state index in [2.05, 4.69) is 5.32 Å². The Hall–Kier alpha value is -3.12. The first kappa shape index (κ1) is 20.6. The lowest BCUT2D eigenvalue weighted by atomic mass is 10.1. The van der Waals surface area contributed by atoms with E-state index in [1.807, 2.05) is 56.3 Å². The maximum absolute atomic E-state index is 13.1. The van der Waals surface area contributed by atoms with Crippen LogP contribution in [0.15, 0.2) is 83.8 Å². The molecule has 0 fully saturated rings. The van der Waals surface area contributed by atoms with Crippen molar-refractivity contribution in [1.29, 1.82) is 0 Å². The second-order valence-corrected chi connectivity index (χ2v) is 8.86. The summed E-state index contributed by atoms with van der Waals surface area (Å²) in [5, 5.41) is 2.91. The van der Waals surface area contributed by atoms with Crippen molar-refractivity contribution in [3.05, 3.63) is 95.6 Å². The van der Waals surface area contributed by atoms with E-state index in [0.29, 0.717) is 11.3 Å². The molecule has 1 amide bonds. The van der Waals surface area contributed by atoms with E-state index in [4.69, 9.17) is 0 Å². The molecule has 0 radical (unpaired) electrons. The topological polar surface area (TPSA) is 66.5 Å². The first-order valence-corrected chi connectivity index (χ1v) is 10.7. The summed E-state index contributed by atoms with van der Waals surface area (Å²) in [6, 6.07) is 22.8. The summed E-state index contributed by atoms with van der Waals surface area (Å²) >= 11 is 0. The van der Waals surface area contributed by atoms with Crippen LogP contribution in [0.25, 0.3) is 0 Å². The number of hydrogen-bond acceptors (Lipinski definition) is 3. The minimum atomic E-state index is -3.80. The summed E-state index contributed by atoms with van der Waals surface area (Å²) in [5.41, 5.74) is 2.72. The maximum Gasteiger partial charge on any atom is 0.264 e. The van der Waals surface area contributed by atoms with Crippen LogP contribution in [-0.2, 0) is 10.0 Å². The summed E-state index contributed by atoms with van der Waals surface area (Å²) in [4.78, 5) is 12.8. The van der Waals surface area contributed by atoms with E-state index in [0.717, 1.165) is 11.1 Å². The van der Waals surface area contributed by atoms with Gasteiger partial charge >= 0.3 is 0 Å². The van der Waals surface area contributed by atoms with Crippen LogP contribution in [0.2, 0.25) is 0 Å². The number of aryl methyl sites for hydroxylation is 1. The quantitative estimate of drug-likeness (QED) is 0.661. The third kappa shape index (κ3) is 4.49. The van der Waals surface area contributed by atoms with E-state index >= 15 is 0 Å². The lowest BCUT2D eigenvalue weighted by molar-refractivity contribution is 0.0939. The average Bonchev–Trinajstić information content (AvgIpc) is 2.74. The van der Waals surface area contributed by atoms with Gasteiger partial charge in [0.25, 0.3) is 15.9 Å². The Labute approximate surface area is 172 Å². The van der Waals surface area contributed by atoms with E-state index in [9.17, 15) is 13.2 Å². The van der Waals surface area contributed by atoms with Gasteiger partial charge in [0, 0.05) is 12.6 Å². The standard InChI is InChI=1S/C23H24N2O3S/c1-17-10-7-8-15-22(17)25(3)29(27,28)21-14-9-13-20(16-21)23(26)24-18(2)19-11-5-4-6-12-19/h4-16,18H,1-3H3,(H,24,26)/t18-/m0/s1. The van der Waals surface area contributed by atoms with Crippen molar-refractivity contribution in [3.8, 4) is 0 Å². The zero-order valence-electron chi connectivity index (χ0n) is 16.7. The molecule has 0 unspecified atom stereocenters. The van der Waals surface area contributed by atoms with Crippen molar-refractivity contribution in [2.75, 3.05) is 11.4 Å². The molecule has 29 heavy (non-hydrogen) atoms. The Bertz CT molecular complexity index is 1110. The zero-order valence-corrected chi connectivity index (χ0v) is 17.5. The van der Waals surface area contributed by atoms with Crippen LogP contribution in [-0.4, -0.2) is 21.4 Å². The molecule has 0 aliphatic rings. The predicted octanol–water partition coefficient (Wildman–Crippen LogP) is 4.31. The average molecular weight is 409 g/mol. The lowest BCUT2D eigenvalue weighted by Gasteiger charge is -2.21.